The van der Waals surface area contributed by atoms with Gasteiger partial charge in [-0.25, -0.2) is 0 Å². The summed E-state index contributed by atoms with van der Waals surface area (Å²) < 4.78 is 0. The van der Waals surface area contributed by atoms with Crippen LogP contribution in [-0.4, -0.2) is 23.7 Å². The Balaban J connectivity index is 1.68. The Kier molecular flexibility index (Phi) is 7.17. The van der Waals surface area contributed by atoms with E-state index in [4.69, 9.17) is 0 Å². The molecule has 0 radical (unpaired) electrons. The Morgan fingerprint density at radius 1 is 0.500 bits per heavy atom. The zero-order valence-corrected chi connectivity index (χ0v) is 18.9. The van der Waals surface area contributed by atoms with Crippen LogP contribution in [0.5, 0.6) is 0 Å². The average Bonchev–Trinajstić information content (AvgIpc) is 2.89. The molecule has 0 atom stereocenters. The number of benzene rings is 4. The van der Waals surface area contributed by atoms with Crippen LogP contribution in [0.1, 0.15) is 41.4 Å². The van der Waals surface area contributed by atoms with Gasteiger partial charge in [0.1, 0.15) is 0 Å². The Morgan fingerprint density at radius 3 is 1.33 bits per heavy atom. The molecule has 36 heavy (non-hydrogen) atoms. The van der Waals surface area contributed by atoms with Crippen molar-refractivity contribution >= 4 is 40.8 Å². The van der Waals surface area contributed by atoms with E-state index in [0.29, 0.717) is 11.4 Å². The fourth-order valence-corrected chi connectivity index (χ4v) is 3.43. The van der Waals surface area contributed by atoms with E-state index in [-0.39, 0.29) is 27.9 Å². The summed E-state index contributed by atoms with van der Waals surface area (Å²) in [4.78, 5) is 50.4. The van der Waals surface area contributed by atoms with Crippen LogP contribution in [-0.2, 0) is 0 Å². The smallest absolute Gasteiger partial charge is 0.255 e. The Bertz CT molecular complexity index is 1360. The second-order valence-corrected chi connectivity index (χ2v) is 7.73. The first-order valence-corrected chi connectivity index (χ1v) is 10.9. The normalized spacial score (nSPS) is 10.2. The summed E-state index contributed by atoms with van der Waals surface area (Å²) >= 11 is 0. The third kappa shape index (κ3) is 5.81. The van der Waals surface area contributed by atoms with Gasteiger partial charge in [-0.3, -0.25) is 14.4 Å². The maximum atomic E-state index is 13.1. The number of hydrogen-bond donors (Lipinski definition) is 3. The molecule has 0 saturated carbocycles. The largest absolute Gasteiger partial charge is 0.545 e. The maximum Gasteiger partial charge on any atom is 0.255 e. The fraction of sp³-hybridized carbons (Fsp3) is 0. The minimum atomic E-state index is -1.45. The van der Waals surface area contributed by atoms with Gasteiger partial charge in [0.2, 0.25) is 0 Å². The molecule has 0 aliphatic rings. The molecular weight excluding hydrogens is 458 g/mol. The molecule has 0 bridgehead atoms. The minimum Gasteiger partial charge on any atom is -0.545 e. The summed E-state index contributed by atoms with van der Waals surface area (Å²) in [5.74, 6) is -3.21. The molecule has 0 aliphatic heterocycles. The van der Waals surface area contributed by atoms with Gasteiger partial charge >= 0.3 is 0 Å². The molecule has 0 spiro atoms. The average molecular weight is 478 g/mol. The van der Waals surface area contributed by atoms with E-state index >= 15 is 0 Å². The van der Waals surface area contributed by atoms with E-state index < -0.39 is 23.7 Å². The number of aromatic carboxylic acids is 1. The number of carboxylic acid groups (broad SMARTS) is 1. The maximum absolute atomic E-state index is 13.1. The molecule has 0 aromatic heterocycles. The second-order valence-electron chi connectivity index (χ2n) is 7.73. The van der Waals surface area contributed by atoms with Crippen molar-refractivity contribution in [2.75, 3.05) is 16.0 Å². The van der Waals surface area contributed by atoms with Crippen LogP contribution in [0.4, 0.5) is 17.1 Å². The minimum absolute atomic E-state index is 0.0120. The lowest BCUT2D eigenvalue weighted by Crippen LogP contribution is -2.25. The molecule has 8 nitrogen and oxygen atoms in total. The molecule has 4 aromatic carbocycles. The van der Waals surface area contributed by atoms with Crippen molar-refractivity contribution in [2.24, 2.45) is 0 Å². The monoisotopic (exact) mass is 478 g/mol. The van der Waals surface area contributed by atoms with Crippen LogP contribution < -0.4 is 21.1 Å². The molecule has 0 heterocycles. The van der Waals surface area contributed by atoms with Crippen LogP contribution >= 0.6 is 0 Å². The van der Waals surface area contributed by atoms with Crippen molar-refractivity contribution in [1.82, 2.24) is 0 Å². The number of hydrogen-bond acceptors (Lipinski definition) is 5. The van der Waals surface area contributed by atoms with Crippen LogP contribution in [0.2, 0.25) is 0 Å². The Hall–Kier alpha value is -5.24. The van der Waals surface area contributed by atoms with Gasteiger partial charge in [0, 0.05) is 33.6 Å². The zero-order valence-electron chi connectivity index (χ0n) is 18.9. The molecule has 4 aromatic rings. The summed E-state index contributed by atoms with van der Waals surface area (Å²) in [6.45, 7) is 0. The van der Waals surface area contributed by atoms with Crippen LogP contribution in [0.15, 0.2) is 103 Å². The molecule has 0 unspecified atom stereocenters. The van der Waals surface area contributed by atoms with Crippen molar-refractivity contribution < 1.29 is 24.3 Å². The lowest BCUT2D eigenvalue weighted by atomic mass is 10.0. The molecule has 0 aliphatic carbocycles. The first-order chi connectivity index (χ1) is 17.4. The molecule has 3 N–H and O–H groups in total. The molecule has 8 heteroatoms. The lowest BCUT2D eigenvalue weighted by molar-refractivity contribution is -0.254. The number of para-hydroxylation sites is 3. The van der Waals surface area contributed by atoms with Gasteiger partial charge in [-0.1, -0.05) is 54.6 Å². The van der Waals surface area contributed by atoms with Crippen LogP contribution in [0.3, 0.4) is 0 Å². The van der Waals surface area contributed by atoms with Crippen molar-refractivity contribution in [3.63, 3.8) is 0 Å². The number of rotatable bonds is 7. The highest BCUT2D eigenvalue weighted by atomic mass is 16.4. The topological polar surface area (TPSA) is 127 Å². The molecule has 0 fully saturated rings. The van der Waals surface area contributed by atoms with Gasteiger partial charge in [0.25, 0.3) is 17.7 Å². The van der Waals surface area contributed by atoms with E-state index in [9.17, 15) is 24.3 Å². The molecule has 4 rings (SSSR count). The standard InChI is InChI=1S/C28H21N3O5/c32-25(29-21-9-3-1-4-10-21)18-15-19(26(33)30-22-11-5-2-6-12-22)17-20(16-18)27(34)31-24-14-8-7-13-23(24)28(35)36/h1-17H,(H,29,32)(H,30,33)(H,31,34)(H,35,36)/p-1. The van der Waals surface area contributed by atoms with Gasteiger partial charge in [-0.2, -0.15) is 0 Å². The van der Waals surface area contributed by atoms with Crippen LogP contribution in [0.25, 0.3) is 0 Å². The van der Waals surface area contributed by atoms with E-state index in [1.807, 2.05) is 0 Å². The number of carboxylic acids is 1. The fourth-order valence-electron chi connectivity index (χ4n) is 3.43. The van der Waals surface area contributed by atoms with Gasteiger partial charge in [0.15, 0.2) is 0 Å². The Morgan fingerprint density at radius 2 is 0.889 bits per heavy atom. The van der Waals surface area contributed by atoms with Crippen LogP contribution in [0, 0.1) is 0 Å². The summed E-state index contributed by atoms with van der Waals surface area (Å²) in [6, 6.07) is 27.3. The summed E-state index contributed by atoms with van der Waals surface area (Å²) in [6.07, 6.45) is 0. The number of amides is 3. The zero-order chi connectivity index (χ0) is 25.5. The van der Waals surface area contributed by atoms with Gasteiger partial charge in [-0.15, -0.1) is 0 Å². The number of carbonyl (C=O) groups is 4. The highest BCUT2D eigenvalue weighted by molar-refractivity contribution is 6.13. The lowest BCUT2D eigenvalue weighted by Gasteiger charge is -2.14. The number of anilines is 3. The predicted octanol–water partition coefficient (Wildman–Crippen LogP) is 3.81. The second kappa shape index (κ2) is 10.8. The molecule has 3 amide bonds. The van der Waals surface area contributed by atoms with Gasteiger partial charge in [0.05, 0.1) is 11.7 Å². The van der Waals surface area contributed by atoms with E-state index in [0.717, 1.165) is 0 Å². The molecule has 0 saturated heterocycles. The molecular formula is C28H20N3O5-. The molecule has 178 valence electrons. The highest BCUT2D eigenvalue weighted by Crippen LogP contribution is 2.19. The van der Waals surface area contributed by atoms with Gasteiger partial charge in [-0.05, 0) is 48.5 Å². The first-order valence-electron chi connectivity index (χ1n) is 10.9. The van der Waals surface area contributed by atoms with Crippen molar-refractivity contribution in [3.05, 3.63) is 125 Å². The van der Waals surface area contributed by atoms with E-state index in [1.54, 1.807) is 66.7 Å². The van der Waals surface area contributed by atoms with Crippen molar-refractivity contribution in [2.45, 2.75) is 0 Å². The quantitative estimate of drug-likeness (QED) is 0.372. The Labute approximate surface area is 206 Å². The summed E-state index contributed by atoms with van der Waals surface area (Å²) in [5, 5.41) is 19.4. The first kappa shape index (κ1) is 23.9. The van der Waals surface area contributed by atoms with Gasteiger partial charge < -0.3 is 25.9 Å². The summed E-state index contributed by atoms with van der Waals surface area (Å²) in [7, 11) is 0. The summed E-state index contributed by atoms with van der Waals surface area (Å²) in [5.41, 5.74) is 1.02. The van der Waals surface area contributed by atoms with E-state index in [2.05, 4.69) is 16.0 Å². The number of nitrogens with one attached hydrogen (secondary N) is 3. The van der Waals surface area contributed by atoms with Crippen molar-refractivity contribution in [1.29, 1.82) is 0 Å². The highest BCUT2D eigenvalue weighted by Gasteiger charge is 2.18. The third-order valence-electron chi connectivity index (χ3n) is 5.18. The predicted molar refractivity (Wildman–Crippen MR) is 134 cm³/mol. The number of carbonyl (C=O) groups excluding carboxylic acids is 4. The van der Waals surface area contributed by atoms with Crippen molar-refractivity contribution in [3.8, 4) is 0 Å². The SMILES string of the molecule is O=C(Nc1ccccc1)c1cc(C(=O)Nc2ccccc2)cc(C(=O)Nc2ccccc2C(=O)[O-])c1. The third-order valence-corrected chi connectivity index (χ3v) is 5.18. The van der Waals surface area contributed by atoms with E-state index in [1.165, 1.54) is 36.4 Å².